The fraction of sp³-hybridized carbons (Fsp3) is 0.538. The van der Waals surface area contributed by atoms with Gasteiger partial charge < -0.3 is 0 Å². The lowest BCUT2D eigenvalue weighted by atomic mass is 9.95. The van der Waals surface area contributed by atoms with Gasteiger partial charge in [0, 0.05) is 6.04 Å². The van der Waals surface area contributed by atoms with Crippen LogP contribution in [0, 0.1) is 20.8 Å². The molecule has 0 saturated carbocycles. The van der Waals surface area contributed by atoms with E-state index in [4.69, 9.17) is 5.84 Å². The summed E-state index contributed by atoms with van der Waals surface area (Å²) in [5.41, 5.74) is 8.27. The summed E-state index contributed by atoms with van der Waals surface area (Å²) < 4.78 is 0. The topological polar surface area (TPSA) is 38.0 Å². The van der Waals surface area contributed by atoms with Gasteiger partial charge in [0.25, 0.3) is 0 Å². The molecule has 0 amide bonds. The Morgan fingerprint density at radius 1 is 1.19 bits per heavy atom. The van der Waals surface area contributed by atoms with Gasteiger partial charge in [-0.25, -0.2) is 0 Å². The summed E-state index contributed by atoms with van der Waals surface area (Å²) >= 11 is 1.86. The standard InChI is InChI=1S/C13H22N2S/c1-9-7-11(3)12(8-10(9)2)13(15-14)5-6-16-4/h7-8,13,15H,5-6,14H2,1-4H3. The Balaban J connectivity index is 2.95. The highest BCUT2D eigenvalue weighted by Crippen LogP contribution is 2.24. The van der Waals surface area contributed by atoms with Crippen molar-refractivity contribution in [2.24, 2.45) is 5.84 Å². The van der Waals surface area contributed by atoms with Crippen LogP contribution in [0.3, 0.4) is 0 Å². The van der Waals surface area contributed by atoms with Crippen LogP contribution >= 0.6 is 11.8 Å². The third kappa shape index (κ3) is 3.24. The van der Waals surface area contributed by atoms with Crippen molar-refractivity contribution >= 4 is 11.8 Å². The summed E-state index contributed by atoms with van der Waals surface area (Å²) in [5, 5.41) is 0. The van der Waals surface area contributed by atoms with Crippen molar-refractivity contribution < 1.29 is 0 Å². The second-order valence-electron chi connectivity index (χ2n) is 4.29. The molecular weight excluding hydrogens is 216 g/mol. The number of aryl methyl sites for hydroxylation is 3. The molecule has 0 aliphatic heterocycles. The number of hydrogen-bond acceptors (Lipinski definition) is 3. The molecule has 0 heterocycles. The van der Waals surface area contributed by atoms with E-state index in [0.717, 1.165) is 12.2 Å². The summed E-state index contributed by atoms with van der Waals surface area (Å²) in [6, 6.07) is 4.77. The van der Waals surface area contributed by atoms with Crippen molar-refractivity contribution in [3.8, 4) is 0 Å². The van der Waals surface area contributed by atoms with Gasteiger partial charge in [-0.2, -0.15) is 11.8 Å². The van der Waals surface area contributed by atoms with Crippen LogP contribution in [0.15, 0.2) is 12.1 Å². The minimum Gasteiger partial charge on any atom is -0.271 e. The van der Waals surface area contributed by atoms with E-state index >= 15 is 0 Å². The molecule has 1 unspecified atom stereocenters. The largest absolute Gasteiger partial charge is 0.271 e. The lowest BCUT2D eigenvalue weighted by Gasteiger charge is -2.19. The molecule has 2 nitrogen and oxygen atoms in total. The number of thioether (sulfide) groups is 1. The molecule has 0 bridgehead atoms. The summed E-state index contributed by atoms with van der Waals surface area (Å²) in [7, 11) is 0. The molecule has 3 heteroatoms. The van der Waals surface area contributed by atoms with E-state index in [1.165, 1.54) is 22.3 Å². The molecule has 0 aromatic heterocycles. The first-order valence-corrected chi connectivity index (χ1v) is 7.02. The monoisotopic (exact) mass is 238 g/mol. The van der Waals surface area contributed by atoms with Crippen LogP contribution in [-0.4, -0.2) is 12.0 Å². The Bertz CT molecular complexity index is 350. The SMILES string of the molecule is CSCCC(NN)c1cc(C)c(C)cc1C. The molecule has 3 N–H and O–H groups in total. The molecule has 1 aromatic rings. The zero-order valence-electron chi connectivity index (χ0n) is 10.6. The van der Waals surface area contributed by atoms with Crippen molar-refractivity contribution in [3.05, 3.63) is 34.4 Å². The molecule has 0 saturated heterocycles. The van der Waals surface area contributed by atoms with Gasteiger partial charge in [0.1, 0.15) is 0 Å². The molecule has 1 rings (SSSR count). The third-order valence-corrected chi connectivity index (χ3v) is 3.71. The van der Waals surface area contributed by atoms with E-state index in [1.807, 2.05) is 11.8 Å². The van der Waals surface area contributed by atoms with Crippen LogP contribution in [0.5, 0.6) is 0 Å². The van der Waals surface area contributed by atoms with E-state index < -0.39 is 0 Å². The second-order valence-corrected chi connectivity index (χ2v) is 5.28. The van der Waals surface area contributed by atoms with Gasteiger partial charge in [-0.1, -0.05) is 12.1 Å². The summed E-state index contributed by atoms with van der Waals surface area (Å²) in [4.78, 5) is 0. The maximum Gasteiger partial charge on any atom is 0.0470 e. The fourth-order valence-electron chi connectivity index (χ4n) is 1.92. The Hall–Kier alpha value is -0.510. The van der Waals surface area contributed by atoms with Gasteiger partial charge in [-0.15, -0.1) is 0 Å². The average molecular weight is 238 g/mol. The van der Waals surface area contributed by atoms with E-state index in [9.17, 15) is 0 Å². The summed E-state index contributed by atoms with van der Waals surface area (Å²) in [6.07, 6.45) is 3.20. The fourth-order valence-corrected chi connectivity index (χ4v) is 2.39. The van der Waals surface area contributed by atoms with Crippen molar-refractivity contribution in [2.45, 2.75) is 33.2 Å². The number of nitrogens with two attached hydrogens (primary N) is 1. The smallest absolute Gasteiger partial charge is 0.0470 e. The zero-order chi connectivity index (χ0) is 12.1. The van der Waals surface area contributed by atoms with Crippen LogP contribution in [0.1, 0.15) is 34.7 Å². The van der Waals surface area contributed by atoms with E-state index in [2.05, 4.69) is 44.6 Å². The second kappa shape index (κ2) is 6.28. The van der Waals surface area contributed by atoms with E-state index in [-0.39, 0.29) is 6.04 Å². The molecule has 1 aromatic carbocycles. The van der Waals surface area contributed by atoms with Gasteiger partial charge in [-0.05, 0) is 61.5 Å². The highest BCUT2D eigenvalue weighted by molar-refractivity contribution is 7.98. The highest BCUT2D eigenvalue weighted by Gasteiger charge is 2.12. The van der Waals surface area contributed by atoms with Crippen LogP contribution < -0.4 is 11.3 Å². The summed E-state index contributed by atoms with van der Waals surface area (Å²) in [5.74, 6) is 6.77. The molecule has 90 valence electrons. The third-order valence-electron chi connectivity index (χ3n) is 3.07. The summed E-state index contributed by atoms with van der Waals surface area (Å²) in [6.45, 7) is 6.46. The molecule has 0 aliphatic rings. The Kier molecular flexibility index (Phi) is 5.32. The molecule has 0 aliphatic carbocycles. The first kappa shape index (κ1) is 13.6. The maximum absolute atomic E-state index is 5.64. The molecule has 0 radical (unpaired) electrons. The van der Waals surface area contributed by atoms with E-state index in [0.29, 0.717) is 0 Å². The molecule has 16 heavy (non-hydrogen) atoms. The average Bonchev–Trinajstić information content (AvgIpc) is 2.26. The highest BCUT2D eigenvalue weighted by atomic mass is 32.2. The number of nitrogens with one attached hydrogen (secondary N) is 1. The van der Waals surface area contributed by atoms with Gasteiger partial charge in [0.2, 0.25) is 0 Å². The minimum absolute atomic E-state index is 0.270. The first-order valence-electron chi connectivity index (χ1n) is 5.63. The maximum atomic E-state index is 5.64. The lowest BCUT2D eigenvalue weighted by Crippen LogP contribution is -2.29. The van der Waals surface area contributed by atoms with Gasteiger partial charge in [0.05, 0.1) is 0 Å². The Morgan fingerprint density at radius 2 is 1.81 bits per heavy atom. The van der Waals surface area contributed by atoms with Gasteiger partial charge in [-0.3, -0.25) is 11.3 Å². The normalized spacial score (nSPS) is 12.8. The van der Waals surface area contributed by atoms with E-state index in [1.54, 1.807) is 0 Å². The number of hydrazine groups is 1. The zero-order valence-corrected chi connectivity index (χ0v) is 11.4. The van der Waals surface area contributed by atoms with Crippen molar-refractivity contribution in [3.63, 3.8) is 0 Å². The predicted molar refractivity (Wildman–Crippen MR) is 73.7 cm³/mol. The molecular formula is C13H22N2S. The van der Waals surface area contributed by atoms with Crippen molar-refractivity contribution in [1.82, 2.24) is 5.43 Å². The lowest BCUT2D eigenvalue weighted by molar-refractivity contribution is 0.540. The number of rotatable bonds is 5. The quantitative estimate of drug-likeness (QED) is 0.612. The van der Waals surface area contributed by atoms with Crippen LogP contribution in [0.2, 0.25) is 0 Å². The minimum atomic E-state index is 0.270. The van der Waals surface area contributed by atoms with Crippen molar-refractivity contribution in [2.75, 3.05) is 12.0 Å². The predicted octanol–water partition coefficient (Wildman–Crippen LogP) is 2.87. The number of hydrogen-bond donors (Lipinski definition) is 2. The Morgan fingerprint density at radius 3 is 2.38 bits per heavy atom. The molecule has 1 atom stereocenters. The molecule has 0 fully saturated rings. The molecule has 0 spiro atoms. The Labute approximate surface area is 103 Å². The van der Waals surface area contributed by atoms with Gasteiger partial charge in [0.15, 0.2) is 0 Å². The first-order chi connectivity index (χ1) is 7.60. The van der Waals surface area contributed by atoms with Crippen LogP contribution in [-0.2, 0) is 0 Å². The van der Waals surface area contributed by atoms with Crippen molar-refractivity contribution in [1.29, 1.82) is 0 Å². The van der Waals surface area contributed by atoms with Gasteiger partial charge >= 0.3 is 0 Å². The van der Waals surface area contributed by atoms with Crippen LogP contribution in [0.25, 0.3) is 0 Å². The number of benzene rings is 1. The van der Waals surface area contributed by atoms with Crippen LogP contribution in [0.4, 0.5) is 0 Å².